The molecule has 0 bridgehead atoms. The Balaban J connectivity index is -0.0000000535. The summed E-state index contributed by atoms with van der Waals surface area (Å²) in [5, 5.41) is 31.8. The molecule has 42 heavy (non-hydrogen) atoms. The van der Waals surface area contributed by atoms with Crippen molar-refractivity contribution in [3.63, 3.8) is 0 Å². The Kier molecular flexibility index (Phi) is 60.8. The van der Waals surface area contributed by atoms with Gasteiger partial charge < -0.3 is 44.5 Å². The van der Waals surface area contributed by atoms with Crippen LogP contribution in [0.4, 0.5) is 0 Å². The third-order valence-corrected chi connectivity index (χ3v) is 5.50. The summed E-state index contributed by atoms with van der Waals surface area (Å²) in [7, 11) is -11.1. The van der Waals surface area contributed by atoms with E-state index < -0.39 is 43.1 Å². The van der Waals surface area contributed by atoms with Gasteiger partial charge in [0.2, 0.25) is 7.37 Å². The predicted octanol–water partition coefficient (Wildman–Crippen LogP) is 5.45. The molecule has 0 amide bonds. The monoisotopic (exact) mass is 704 g/mol. The van der Waals surface area contributed by atoms with Crippen molar-refractivity contribution in [3.05, 3.63) is 0 Å². The number of aliphatic hydroxyl groups excluding tert-OH is 4. The molecule has 0 aliphatic heterocycles. The Bertz CT molecular complexity index is 614. The first-order chi connectivity index (χ1) is 18.8. The molecule has 8 N–H and O–H groups in total. The molecule has 14 nitrogen and oxygen atoms in total. The van der Waals surface area contributed by atoms with Crippen LogP contribution < -0.4 is 0 Å². The van der Waals surface area contributed by atoms with Crippen LogP contribution in [0.15, 0.2) is 0 Å². The summed E-state index contributed by atoms with van der Waals surface area (Å²) in [4.78, 5) is 32.6. The number of rotatable bonds is 9. The van der Waals surface area contributed by atoms with Gasteiger partial charge in [-0.05, 0) is 18.8 Å². The van der Waals surface area contributed by atoms with Crippen LogP contribution >= 0.6 is 29.9 Å². The highest BCUT2D eigenvalue weighted by atomic mass is 31.2. The van der Waals surface area contributed by atoms with Crippen molar-refractivity contribution in [1.82, 2.24) is 0 Å². The fraction of sp³-hybridized carbons (Fsp3) is 1.00. The van der Waals surface area contributed by atoms with Gasteiger partial charge in [0.1, 0.15) is 6.35 Å². The molecule has 0 spiro atoms. The lowest BCUT2D eigenvalue weighted by molar-refractivity contribution is 0.0882. The van der Waals surface area contributed by atoms with Crippen LogP contribution in [0.25, 0.3) is 0 Å². The third kappa shape index (κ3) is 150. The second-order valence-electron chi connectivity index (χ2n) is 8.64. The highest BCUT2D eigenvalue weighted by Gasteiger charge is 2.06. The molecule has 0 saturated heterocycles. The van der Waals surface area contributed by atoms with Gasteiger partial charge in [-0.1, -0.05) is 74.1 Å². The van der Waals surface area contributed by atoms with Gasteiger partial charge in [0.05, 0.1) is 0 Å². The van der Waals surface area contributed by atoms with Crippen LogP contribution in [-0.4, -0.2) is 107 Å². The van der Waals surface area contributed by atoms with Crippen LogP contribution in [-0.2, 0) is 27.3 Å². The highest BCUT2D eigenvalue weighted by Crippen LogP contribution is 2.35. The van der Waals surface area contributed by atoms with E-state index >= 15 is 0 Å². The summed E-state index contributed by atoms with van der Waals surface area (Å²) < 4.78 is 47.5. The summed E-state index contributed by atoms with van der Waals surface area (Å²) in [6.45, 7) is 22.4. The largest absolute Gasteiger partial charge is 0.397 e. The molecule has 0 aliphatic rings. The van der Waals surface area contributed by atoms with E-state index in [-0.39, 0.29) is 6.61 Å². The van der Waals surface area contributed by atoms with E-state index in [1.165, 1.54) is 33.3 Å². The molecule has 18 heteroatoms. The number of hydrogen-bond donors (Lipinski definition) is 8. The molecule has 0 aromatic heterocycles. The topological polar surface area (TPSA) is 249 Å². The molecule has 0 radical (unpaired) electrons. The maximum atomic E-state index is 9.99. The zero-order valence-electron chi connectivity index (χ0n) is 28.6. The van der Waals surface area contributed by atoms with Gasteiger partial charge in [0.15, 0.2) is 14.2 Å². The zero-order valence-corrected chi connectivity index (χ0v) is 32.2. The SMILES string of the molecule is CC.CCC(C)CC.CCC(CC)CO.CCO.COP(C)(=O)O.CP(=O)(O)CO.CP(=O)(O)OCO.CP(C)(=O)O. The van der Waals surface area contributed by atoms with E-state index in [1.54, 1.807) is 6.92 Å². The summed E-state index contributed by atoms with van der Waals surface area (Å²) >= 11 is 0. The normalized spacial score (nSPS) is 13.9. The number of hydrogen-bond acceptors (Lipinski definition) is 10. The van der Waals surface area contributed by atoms with Crippen molar-refractivity contribution < 1.29 is 67.3 Å². The number of aliphatic hydroxyl groups is 4. The fourth-order valence-corrected chi connectivity index (χ4v) is 1.16. The van der Waals surface area contributed by atoms with Crippen molar-refractivity contribution in [2.24, 2.45) is 11.8 Å². The van der Waals surface area contributed by atoms with E-state index in [2.05, 4.69) is 43.7 Å². The first-order valence-electron chi connectivity index (χ1n) is 13.6. The average molecular weight is 705 g/mol. The molecule has 268 valence electrons. The standard InChI is InChI=1S/C6H14O.C6H14.C2H7O4P.2C2H7O3P.C2H7O2P.C2H6O.C2H6/c1-3-6(4-2)5-7;1-4-6(3)5-2;1-7(4,5)6-2-3;1-5-6(2,3)4;1-6(4,5)2-3;1-5(2,3)4;1-2-3;1-2/h6-7H,3-5H2,1-2H3;6H,4-5H2,1-3H3;3H,2H2,1H3,(H,4,5);1-2H3,(H,3,4);3H,2H2,1H3,(H,4,5);1-2H3,(H,3,4);3H,2H2,1H3;1-2H3. The van der Waals surface area contributed by atoms with Crippen LogP contribution in [0.2, 0.25) is 0 Å². The highest BCUT2D eigenvalue weighted by molar-refractivity contribution is 7.57. The fourth-order valence-electron chi connectivity index (χ4n) is 0.943. The van der Waals surface area contributed by atoms with Gasteiger partial charge >= 0.3 is 15.2 Å². The molecule has 0 aromatic rings. The van der Waals surface area contributed by atoms with Gasteiger partial charge in [-0.25, -0.2) is 0 Å². The molecule has 0 fully saturated rings. The lowest BCUT2D eigenvalue weighted by Crippen LogP contribution is -2.01. The Morgan fingerprint density at radius 2 is 0.881 bits per heavy atom. The summed E-state index contributed by atoms with van der Waals surface area (Å²) in [5.74, 6) is 1.48. The van der Waals surface area contributed by atoms with Crippen LogP contribution in [0.1, 0.15) is 81.1 Å². The quantitative estimate of drug-likeness (QED) is 0.110. The maximum Gasteiger partial charge on any atom is 0.327 e. The van der Waals surface area contributed by atoms with Crippen LogP contribution in [0, 0.1) is 11.8 Å². The minimum absolute atomic E-state index is 0.250. The smallest absolute Gasteiger partial charge is 0.327 e. The molecular weight excluding hydrogens is 636 g/mol. The van der Waals surface area contributed by atoms with Gasteiger partial charge in [-0.2, -0.15) is 0 Å². The molecule has 3 atom stereocenters. The minimum Gasteiger partial charge on any atom is -0.397 e. The lowest BCUT2D eigenvalue weighted by Gasteiger charge is -2.04. The van der Waals surface area contributed by atoms with Crippen molar-refractivity contribution in [2.45, 2.75) is 81.1 Å². The molecular formula is C24H68O14P4. The maximum absolute atomic E-state index is 9.99. The van der Waals surface area contributed by atoms with Gasteiger partial charge in [-0.3, -0.25) is 22.8 Å². The van der Waals surface area contributed by atoms with Gasteiger partial charge in [-0.15, -0.1) is 0 Å². The predicted molar refractivity (Wildman–Crippen MR) is 176 cm³/mol. The second kappa shape index (κ2) is 41.5. The van der Waals surface area contributed by atoms with Crippen molar-refractivity contribution >= 4 is 29.9 Å². The van der Waals surface area contributed by atoms with Crippen molar-refractivity contribution in [2.75, 3.05) is 66.8 Å². The van der Waals surface area contributed by atoms with E-state index in [4.69, 9.17) is 40.0 Å². The zero-order chi connectivity index (χ0) is 36.2. The molecule has 0 saturated carbocycles. The summed E-state index contributed by atoms with van der Waals surface area (Å²) in [6.07, 6.45) is 4.25. The van der Waals surface area contributed by atoms with Crippen molar-refractivity contribution in [1.29, 1.82) is 0 Å². The van der Waals surface area contributed by atoms with Crippen LogP contribution in [0.3, 0.4) is 0 Å². The minimum atomic E-state index is -3.42. The Hall–Kier alpha value is 0.520. The Labute approximate surface area is 256 Å². The first kappa shape index (κ1) is 61.5. The van der Waals surface area contributed by atoms with E-state index in [9.17, 15) is 18.3 Å². The molecule has 0 heterocycles. The van der Waals surface area contributed by atoms with E-state index in [1.807, 2.05) is 13.8 Å². The van der Waals surface area contributed by atoms with E-state index in [0.717, 1.165) is 38.8 Å². The van der Waals surface area contributed by atoms with E-state index in [0.29, 0.717) is 12.5 Å². The van der Waals surface area contributed by atoms with Gasteiger partial charge in [0.25, 0.3) is 0 Å². The molecule has 0 aliphatic carbocycles. The molecule has 3 unspecified atom stereocenters. The third-order valence-electron chi connectivity index (χ3n) is 3.71. The molecule has 0 rings (SSSR count). The average Bonchev–Trinajstić information content (AvgIpc) is 2.85. The van der Waals surface area contributed by atoms with Gasteiger partial charge in [0, 0.05) is 53.6 Å². The molecule has 0 aromatic carbocycles. The summed E-state index contributed by atoms with van der Waals surface area (Å²) in [5.41, 5.74) is 0. The Morgan fingerprint density at radius 3 is 0.881 bits per heavy atom. The summed E-state index contributed by atoms with van der Waals surface area (Å²) in [6, 6.07) is 0. The lowest BCUT2D eigenvalue weighted by atomic mass is 10.1. The Morgan fingerprint density at radius 1 is 0.643 bits per heavy atom. The van der Waals surface area contributed by atoms with Crippen LogP contribution in [0.5, 0.6) is 0 Å². The second-order valence-corrected chi connectivity index (χ2v) is 17.4. The first-order valence-corrected chi connectivity index (χ1v) is 22.5. The van der Waals surface area contributed by atoms with Crippen molar-refractivity contribution in [3.8, 4) is 0 Å².